The fourth-order valence-corrected chi connectivity index (χ4v) is 3.64. The van der Waals surface area contributed by atoms with Gasteiger partial charge in [0.25, 0.3) is 5.91 Å². The third-order valence-electron chi connectivity index (χ3n) is 5.53. The van der Waals surface area contributed by atoms with Crippen molar-refractivity contribution >= 4 is 18.2 Å². The van der Waals surface area contributed by atoms with Crippen molar-refractivity contribution in [3.63, 3.8) is 0 Å². The summed E-state index contributed by atoms with van der Waals surface area (Å²) in [6, 6.07) is 0. The van der Waals surface area contributed by atoms with E-state index in [0.717, 1.165) is 37.5 Å². The second-order valence-corrected chi connectivity index (χ2v) is 9.65. The van der Waals surface area contributed by atoms with Gasteiger partial charge in [-0.15, -0.1) is 0 Å². The van der Waals surface area contributed by atoms with E-state index >= 15 is 0 Å². The molecule has 1 rings (SSSR count). The van der Waals surface area contributed by atoms with Gasteiger partial charge in [0.15, 0.2) is 0 Å². The molecule has 0 aromatic rings. The van der Waals surface area contributed by atoms with Gasteiger partial charge in [0.05, 0.1) is 19.3 Å². The maximum Gasteiger partial charge on any atom is 0.407 e. The fraction of sp³-hybridized carbons (Fsp3) is 0.640. The molecule has 0 spiro atoms. The van der Waals surface area contributed by atoms with Crippen LogP contribution in [0, 0.1) is 23.2 Å². The lowest BCUT2D eigenvalue weighted by atomic mass is 9.78. The van der Waals surface area contributed by atoms with Crippen molar-refractivity contribution in [1.29, 1.82) is 5.41 Å². The number of amides is 2. The first-order valence-corrected chi connectivity index (χ1v) is 11.8. The zero-order valence-electron chi connectivity index (χ0n) is 21.4. The number of methoxy groups -OCH3 is 1. The molecule has 1 aliphatic carbocycles. The minimum atomic E-state index is -0.721. The van der Waals surface area contributed by atoms with Crippen LogP contribution in [0.15, 0.2) is 35.5 Å². The molecule has 0 aromatic carbocycles. The van der Waals surface area contributed by atoms with Crippen LogP contribution in [0.3, 0.4) is 0 Å². The van der Waals surface area contributed by atoms with E-state index in [1.807, 2.05) is 13.8 Å². The van der Waals surface area contributed by atoms with Crippen LogP contribution >= 0.6 is 0 Å². The number of carbonyl (C=O) groups is 2. The molecule has 0 aliphatic heterocycles. The molecule has 0 aromatic heterocycles. The highest BCUT2D eigenvalue weighted by Crippen LogP contribution is 2.34. The fourth-order valence-electron chi connectivity index (χ4n) is 3.64. The predicted molar refractivity (Wildman–Crippen MR) is 133 cm³/mol. The Kier molecular flexibility index (Phi) is 12.4. The van der Waals surface area contributed by atoms with Gasteiger partial charge in [-0.1, -0.05) is 32.8 Å². The van der Waals surface area contributed by atoms with Crippen LogP contribution in [-0.4, -0.2) is 49.2 Å². The standard InChI is InChI=1S/C25H42N4O5/c1-7-18-10-19(12-20(11-18)15-30)14-28-22(31)21(13-26)23(34-16-17(2)3)27-9-8-25(4,5)29-24(32)33-6/h8-9,13-14,17-18,20,26-27,30H,7,10-12,15-16H2,1-6H3,(H,28,31)(H,29,32)/b9-8+,19-14?,23-21-,26-13?/t18?,20-/m0/s1. The van der Waals surface area contributed by atoms with Crippen molar-refractivity contribution < 1.29 is 24.2 Å². The number of allylic oxidation sites excluding steroid dienone is 1. The Morgan fingerprint density at radius 3 is 2.47 bits per heavy atom. The van der Waals surface area contributed by atoms with Crippen molar-refractivity contribution in [2.24, 2.45) is 17.8 Å². The van der Waals surface area contributed by atoms with Crippen molar-refractivity contribution in [3.8, 4) is 0 Å². The van der Waals surface area contributed by atoms with Gasteiger partial charge in [0.1, 0.15) is 5.57 Å². The highest BCUT2D eigenvalue weighted by atomic mass is 16.5. The Morgan fingerprint density at radius 1 is 1.24 bits per heavy atom. The maximum absolute atomic E-state index is 12.9. The summed E-state index contributed by atoms with van der Waals surface area (Å²) in [4.78, 5) is 24.4. The normalized spacial score (nSPS) is 20.6. The Balaban J connectivity index is 3.03. The van der Waals surface area contributed by atoms with Gasteiger partial charge in [-0.25, -0.2) is 4.79 Å². The van der Waals surface area contributed by atoms with Crippen LogP contribution in [0.4, 0.5) is 4.79 Å². The summed E-state index contributed by atoms with van der Waals surface area (Å²) in [5, 5.41) is 25.8. The number of ether oxygens (including phenoxy) is 2. The minimum Gasteiger partial charge on any atom is -0.478 e. The molecule has 1 aliphatic rings. The average molecular weight is 479 g/mol. The van der Waals surface area contributed by atoms with E-state index in [0.29, 0.717) is 12.5 Å². The molecule has 34 heavy (non-hydrogen) atoms. The van der Waals surface area contributed by atoms with Gasteiger partial charge < -0.3 is 35.9 Å². The number of hydrogen-bond donors (Lipinski definition) is 5. The summed E-state index contributed by atoms with van der Waals surface area (Å²) in [5.41, 5.74) is 0.409. The van der Waals surface area contributed by atoms with Crippen LogP contribution in [0.2, 0.25) is 0 Å². The van der Waals surface area contributed by atoms with E-state index in [-0.39, 0.29) is 29.9 Å². The molecule has 1 fully saturated rings. The molecule has 2 atom stereocenters. The Bertz CT molecular complexity index is 772. The molecule has 0 radical (unpaired) electrons. The highest BCUT2D eigenvalue weighted by Gasteiger charge is 2.24. The molecule has 0 heterocycles. The number of aliphatic hydroxyl groups excluding tert-OH is 1. The average Bonchev–Trinajstić information content (AvgIpc) is 2.80. The second kappa shape index (κ2) is 14.5. The molecule has 1 saturated carbocycles. The number of rotatable bonds is 12. The van der Waals surface area contributed by atoms with Gasteiger partial charge >= 0.3 is 6.09 Å². The smallest absolute Gasteiger partial charge is 0.407 e. The third-order valence-corrected chi connectivity index (χ3v) is 5.53. The molecule has 5 N–H and O–H groups in total. The topological polar surface area (TPSA) is 133 Å². The lowest BCUT2D eigenvalue weighted by molar-refractivity contribution is -0.116. The van der Waals surface area contributed by atoms with E-state index in [4.69, 9.17) is 10.1 Å². The molecule has 9 nitrogen and oxygen atoms in total. The van der Waals surface area contributed by atoms with Gasteiger partial charge in [0.2, 0.25) is 5.88 Å². The van der Waals surface area contributed by atoms with Gasteiger partial charge in [-0.2, -0.15) is 0 Å². The Morgan fingerprint density at radius 2 is 1.91 bits per heavy atom. The summed E-state index contributed by atoms with van der Waals surface area (Å²) in [6.45, 7) is 10.1. The zero-order valence-corrected chi connectivity index (χ0v) is 21.4. The summed E-state index contributed by atoms with van der Waals surface area (Å²) >= 11 is 0. The first kappa shape index (κ1) is 29.2. The van der Waals surface area contributed by atoms with E-state index in [2.05, 4.69) is 27.6 Å². The van der Waals surface area contributed by atoms with Crippen LogP contribution < -0.4 is 16.0 Å². The van der Waals surface area contributed by atoms with Crippen molar-refractivity contribution in [3.05, 3.63) is 35.5 Å². The number of alkyl carbamates (subject to hydrolysis) is 1. The largest absolute Gasteiger partial charge is 0.478 e. The maximum atomic E-state index is 12.9. The molecule has 1 unspecified atom stereocenters. The first-order valence-electron chi connectivity index (χ1n) is 11.8. The quantitative estimate of drug-likeness (QED) is 0.165. The van der Waals surface area contributed by atoms with Crippen LogP contribution in [0.5, 0.6) is 0 Å². The number of hydrogen-bond acceptors (Lipinski definition) is 7. The SMILES string of the molecule is CCC1CC(=CNC(=O)/C(C=N)=C(/N/C=C/C(C)(C)NC(=O)OC)OCC(C)C)C[C@@H](CO)C1. The van der Waals surface area contributed by atoms with Crippen molar-refractivity contribution in [2.45, 2.75) is 65.8 Å². The van der Waals surface area contributed by atoms with Gasteiger partial charge in [-0.05, 0) is 56.9 Å². The molecule has 0 saturated heterocycles. The number of nitrogens with one attached hydrogen (secondary N) is 4. The monoisotopic (exact) mass is 478 g/mol. The Hall–Kier alpha value is -2.81. The van der Waals surface area contributed by atoms with Crippen molar-refractivity contribution in [1.82, 2.24) is 16.0 Å². The molecule has 2 amide bonds. The van der Waals surface area contributed by atoms with Crippen LogP contribution in [0.1, 0.15) is 60.3 Å². The van der Waals surface area contributed by atoms with Gasteiger partial charge in [-0.3, -0.25) is 4.79 Å². The number of aliphatic hydroxyl groups is 1. The molecular formula is C25H42N4O5. The minimum absolute atomic E-state index is 0.0439. The third kappa shape index (κ3) is 10.4. The van der Waals surface area contributed by atoms with Gasteiger partial charge in [0, 0.05) is 25.2 Å². The summed E-state index contributed by atoms with van der Waals surface area (Å²) in [7, 11) is 1.29. The van der Waals surface area contributed by atoms with E-state index in [9.17, 15) is 14.7 Å². The predicted octanol–water partition coefficient (Wildman–Crippen LogP) is 3.58. The van der Waals surface area contributed by atoms with E-state index < -0.39 is 17.5 Å². The molecule has 192 valence electrons. The summed E-state index contributed by atoms with van der Waals surface area (Å²) in [5.74, 6) is 0.587. The highest BCUT2D eigenvalue weighted by molar-refractivity contribution is 6.12. The van der Waals surface area contributed by atoms with Crippen molar-refractivity contribution in [2.75, 3.05) is 20.3 Å². The van der Waals surface area contributed by atoms with Crippen LogP contribution in [-0.2, 0) is 14.3 Å². The number of carbonyl (C=O) groups excluding carboxylic acids is 2. The van der Waals surface area contributed by atoms with E-state index in [1.54, 1.807) is 32.3 Å². The molecule has 9 heteroatoms. The molecular weight excluding hydrogens is 436 g/mol. The molecule has 0 bridgehead atoms. The first-order chi connectivity index (χ1) is 16.0. The lowest BCUT2D eigenvalue weighted by Gasteiger charge is -2.29. The summed E-state index contributed by atoms with van der Waals surface area (Å²) < 4.78 is 10.4. The second-order valence-electron chi connectivity index (χ2n) is 9.65. The van der Waals surface area contributed by atoms with E-state index in [1.165, 1.54) is 7.11 Å². The lowest BCUT2D eigenvalue weighted by Crippen LogP contribution is -2.41. The van der Waals surface area contributed by atoms with Crippen LogP contribution in [0.25, 0.3) is 0 Å². The zero-order chi connectivity index (χ0) is 25.7. The Labute approximate surface area is 203 Å². The summed E-state index contributed by atoms with van der Waals surface area (Å²) in [6.07, 6.45) is 8.99.